The number of hydrogen-bond acceptors (Lipinski definition) is 2. The van der Waals surface area contributed by atoms with Crippen molar-refractivity contribution in [3.05, 3.63) is 29.3 Å². The van der Waals surface area contributed by atoms with Gasteiger partial charge in [0.05, 0.1) is 18.8 Å². The van der Waals surface area contributed by atoms with Crippen LogP contribution in [0.5, 0.6) is 5.75 Å². The van der Waals surface area contributed by atoms with Gasteiger partial charge in [-0.3, -0.25) is 0 Å². The van der Waals surface area contributed by atoms with Crippen LogP contribution in [-0.2, 0) is 6.18 Å². The summed E-state index contributed by atoms with van der Waals surface area (Å²) >= 11 is 0. The fourth-order valence-corrected chi connectivity index (χ4v) is 1.61. The number of ether oxygens (including phenoxy) is 1. The topological polar surface area (TPSA) is 29.5 Å². The number of benzene rings is 1. The number of aliphatic hydroxyl groups is 1. The first-order chi connectivity index (χ1) is 8.07. The monoisotopic (exact) mass is 262 g/mol. The number of rotatable bonds is 2. The molecule has 0 amide bonds. The molecule has 5 heteroatoms. The molecule has 1 rings (SSSR count). The molecule has 1 aromatic carbocycles. The molecule has 0 radical (unpaired) electrons. The minimum absolute atomic E-state index is 0.118. The Bertz CT molecular complexity index is 419. The molecule has 0 heterocycles. The van der Waals surface area contributed by atoms with E-state index >= 15 is 0 Å². The number of halogens is 3. The Morgan fingerprint density at radius 3 is 2.11 bits per heavy atom. The fraction of sp³-hybridized carbons (Fsp3) is 0.538. The lowest BCUT2D eigenvalue weighted by molar-refractivity contribution is -0.140. The first-order valence-electron chi connectivity index (χ1n) is 5.50. The third-order valence-corrected chi connectivity index (χ3v) is 2.68. The number of alkyl halides is 3. The van der Waals surface area contributed by atoms with Crippen LogP contribution in [0.1, 0.15) is 38.0 Å². The molecule has 0 bridgehead atoms. The minimum atomic E-state index is -4.52. The maximum atomic E-state index is 12.9. The van der Waals surface area contributed by atoms with Gasteiger partial charge < -0.3 is 9.84 Å². The van der Waals surface area contributed by atoms with Gasteiger partial charge in [0, 0.05) is 0 Å². The Balaban J connectivity index is 3.36. The summed E-state index contributed by atoms with van der Waals surface area (Å²) < 4.78 is 43.6. The van der Waals surface area contributed by atoms with Gasteiger partial charge in [0.25, 0.3) is 0 Å². The second kappa shape index (κ2) is 4.80. The molecular weight excluding hydrogens is 245 g/mol. The zero-order valence-electron chi connectivity index (χ0n) is 10.8. The van der Waals surface area contributed by atoms with Crippen LogP contribution in [0.3, 0.4) is 0 Å². The highest BCUT2D eigenvalue weighted by atomic mass is 19.4. The van der Waals surface area contributed by atoms with Crippen LogP contribution in [0.4, 0.5) is 13.2 Å². The molecule has 0 saturated heterocycles. The smallest absolute Gasteiger partial charge is 0.416 e. The molecule has 0 unspecified atom stereocenters. The van der Waals surface area contributed by atoms with Crippen molar-refractivity contribution in [3.63, 3.8) is 0 Å². The van der Waals surface area contributed by atoms with Crippen molar-refractivity contribution in [2.75, 3.05) is 7.11 Å². The molecule has 0 saturated carbocycles. The molecule has 1 N–H and O–H groups in total. The van der Waals surface area contributed by atoms with E-state index in [0.29, 0.717) is 0 Å². The van der Waals surface area contributed by atoms with Crippen LogP contribution in [0.25, 0.3) is 0 Å². The van der Waals surface area contributed by atoms with E-state index in [4.69, 9.17) is 4.74 Å². The van der Waals surface area contributed by atoms with Gasteiger partial charge in [-0.1, -0.05) is 26.8 Å². The zero-order chi connectivity index (χ0) is 14.1. The first-order valence-corrected chi connectivity index (χ1v) is 5.50. The fourth-order valence-electron chi connectivity index (χ4n) is 1.61. The van der Waals surface area contributed by atoms with Crippen molar-refractivity contribution >= 4 is 0 Å². The summed E-state index contributed by atoms with van der Waals surface area (Å²) in [5, 5.41) is 10.0. The largest absolute Gasteiger partial charge is 0.497 e. The summed E-state index contributed by atoms with van der Waals surface area (Å²) in [6, 6.07) is 3.58. The lowest BCUT2D eigenvalue weighted by atomic mass is 9.83. The van der Waals surface area contributed by atoms with Crippen molar-refractivity contribution in [1.29, 1.82) is 0 Å². The van der Waals surface area contributed by atoms with Crippen LogP contribution >= 0.6 is 0 Å². The maximum absolute atomic E-state index is 12.9. The molecule has 2 nitrogen and oxygen atoms in total. The molecule has 1 aromatic rings. The lowest BCUT2D eigenvalue weighted by Crippen LogP contribution is -2.21. The highest BCUT2D eigenvalue weighted by molar-refractivity contribution is 5.39. The lowest BCUT2D eigenvalue weighted by Gasteiger charge is -2.28. The third-order valence-electron chi connectivity index (χ3n) is 2.68. The molecular formula is C13H17F3O2. The average molecular weight is 262 g/mol. The van der Waals surface area contributed by atoms with E-state index in [9.17, 15) is 18.3 Å². The predicted octanol–water partition coefficient (Wildman–Crippen LogP) is 3.79. The van der Waals surface area contributed by atoms with E-state index in [0.717, 1.165) is 6.07 Å². The number of aliphatic hydroxyl groups excluding tert-OH is 1. The summed E-state index contributed by atoms with van der Waals surface area (Å²) in [5.74, 6) is 0.118. The van der Waals surface area contributed by atoms with E-state index in [2.05, 4.69) is 0 Å². The van der Waals surface area contributed by atoms with E-state index in [-0.39, 0.29) is 11.3 Å². The van der Waals surface area contributed by atoms with Gasteiger partial charge in [0.15, 0.2) is 0 Å². The Morgan fingerprint density at radius 1 is 1.17 bits per heavy atom. The SMILES string of the molecule is COc1ccc([C@H](O)C(C)(C)C)c(C(F)(F)F)c1. The summed E-state index contributed by atoms with van der Waals surface area (Å²) in [5.41, 5.74) is -1.66. The summed E-state index contributed by atoms with van der Waals surface area (Å²) in [7, 11) is 1.30. The van der Waals surface area contributed by atoms with Gasteiger partial charge >= 0.3 is 6.18 Å². The van der Waals surface area contributed by atoms with E-state index in [1.807, 2.05) is 0 Å². The molecule has 18 heavy (non-hydrogen) atoms. The summed E-state index contributed by atoms with van der Waals surface area (Å²) in [4.78, 5) is 0. The second-order valence-corrected chi connectivity index (χ2v) is 5.22. The third kappa shape index (κ3) is 3.16. The van der Waals surface area contributed by atoms with E-state index in [1.165, 1.54) is 19.2 Å². The molecule has 0 fully saturated rings. The molecule has 0 aliphatic carbocycles. The van der Waals surface area contributed by atoms with Gasteiger partial charge in [0.2, 0.25) is 0 Å². The molecule has 0 aromatic heterocycles. The summed E-state index contributed by atoms with van der Waals surface area (Å²) in [6.45, 7) is 5.05. The van der Waals surface area contributed by atoms with Crippen molar-refractivity contribution in [2.24, 2.45) is 5.41 Å². The highest BCUT2D eigenvalue weighted by Gasteiger charge is 2.38. The molecule has 1 atom stereocenters. The second-order valence-electron chi connectivity index (χ2n) is 5.22. The minimum Gasteiger partial charge on any atom is -0.497 e. The molecule has 102 valence electrons. The van der Waals surface area contributed by atoms with Crippen LogP contribution in [0.2, 0.25) is 0 Å². The Morgan fingerprint density at radius 2 is 1.72 bits per heavy atom. The van der Waals surface area contributed by atoms with Crippen molar-refractivity contribution in [1.82, 2.24) is 0 Å². The van der Waals surface area contributed by atoms with Crippen molar-refractivity contribution < 1.29 is 23.0 Å². The molecule has 0 aliphatic rings. The Labute approximate surface area is 104 Å². The van der Waals surface area contributed by atoms with Crippen LogP contribution in [0.15, 0.2) is 18.2 Å². The van der Waals surface area contributed by atoms with Crippen molar-refractivity contribution in [3.8, 4) is 5.75 Å². The van der Waals surface area contributed by atoms with Crippen LogP contribution in [-0.4, -0.2) is 12.2 Å². The van der Waals surface area contributed by atoms with Gasteiger partial charge in [-0.05, 0) is 23.1 Å². The Hall–Kier alpha value is -1.23. The van der Waals surface area contributed by atoms with Gasteiger partial charge in [0.1, 0.15) is 5.75 Å². The Kier molecular flexibility index (Phi) is 3.96. The standard InChI is InChI=1S/C13H17F3O2/c1-12(2,3)11(17)9-6-5-8(18-4)7-10(9)13(14,15)16/h5-7,11,17H,1-4H3/t11-/m0/s1. The zero-order valence-corrected chi connectivity index (χ0v) is 10.8. The average Bonchev–Trinajstić information content (AvgIpc) is 2.24. The van der Waals surface area contributed by atoms with Crippen LogP contribution in [0, 0.1) is 5.41 Å². The summed E-state index contributed by atoms with van der Waals surface area (Å²) in [6.07, 6.45) is -5.71. The maximum Gasteiger partial charge on any atom is 0.416 e. The first kappa shape index (κ1) is 14.8. The molecule has 0 spiro atoms. The normalized spacial score (nSPS) is 14.4. The van der Waals surface area contributed by atoms with Gasteiger partial charge in [-0.25, -0.2) is 0 Å². The number of methoxy groups -OCH3 is 1. The predicted molar refractivity (Wildman–Crippen MR) is 62.4 cm³/mol. The van der Waals surface area contributed by atoms with E-state index < -0.39 is 23.3 Å². The van der Waals surface area contributed by atoms with Gasteiger partial charge in [-0.2, -0.15) is 13.2 Å². The van der Waals surface area contributed by atoms with E-state index in [1.54, 1.807) is 20.8 Å². The quantitative estimate of drug-likeness (QED) is 0.878. The number of hydrogen-bond donors (Lipinski definition) is 1. The highest BCUT2D eigenvalue weighted by Crippen LogP contribution is 2.41. The van der Waals surface area contributed by atoms with Crippen molar-refractivity contribution in [2.45, 2.75) is 33.1 Å². The van der Waals surface area contributed by atoms with Crippen LogP contribution < -0.4 is 4.74 Å². The van der Waals surface area contributed by atoms with Gasteiger partial charge in [-0.15, -0.1) is 0 Å². The molecule has 0 aliphatic heterocycles.